The van der Waals surface area contributed by atoms with E-state index in [0.29, 0.717) is 0 Å². The number of alkyl carbamates (subject to hydrolysis) is 1. The number of ether oxygens (including phenoxy) is 3. The van der Waals surface area contributed by atoms with Crippen molar-refractivity contribution in [3.63, 3.8) is 0 Å². The Labute approximate surface area is 171 Å². The average Bonchev–Trinajstić information content (AvgIpc) is 2.48. The maximum absolute atomic E-state index is 13.3. The van der Waals surface area contributed by atoms with Crippen LogP contribution in [0.4, 0.5) is 4.79 Å². The number of hydrogen-bond donors (Lipinski definition) is 1. The summed E-state index contributed by atoms with van der Waals surface area (Å²) in [5.41, 5.74) is -5.63. The van der Waals surface area contributed by atoms with E-state index >= 15 is 0 Å². The van der Waals surface area contributed by atoms with Gasteiger partial charge in [-0.3, -0.25) is 9.59 Å². The Bertz CT molecular complexity index is 833. The zero-order valence-electron chi connectivity index (χ0n) is 19.0. The van der Waals surface area contributed by atoms with Gasteiger partial charge in [-0.1, -0.05) is 13.8 Å². The summed E-state index contributed by atoms with van der Waals surface area (Å²) in [5, 5.41) is 2.52. The van der Waals surface area contributed by atoms with Gasteiger partial charge in [-0.05, 0) is 61.3 Å². The van der Waals surface area contributed by atoms with E-state index in [0.717, 1.165) is 0 Å². The molecule has 0 aliphatic carbocycles. The minimum Gasteiger partial charge on any atom is -0.486 e. The van der Waals surface area contributed by atoms with Gasteiger partial charge in [0.05, 0.1) is 11.7 Å². The molecule has 8 nitrogen and oxygen atoms in total. The Kier molecular flexibility index (Phi) is 6.94. The van der Waals surface area contributed by atoms with Crippen LogP contribution in [0.1, 0.15) is 74.8 Å². The van der Waals surface area contributed by atoms with E-state index in [-0.39, 0.29) is 11.3 Å². The lowest BCUT2D eigenvalue weighted by Crippen LogP contribution is -2.63. The Morgan fingerprint density at radius 2 is 1.31 bits per heavy atom. The van der Waals surface area contributed by atoms with E-state index < -0.39 is 51.7 Å². The molecule has 1 amide bonds. The van der Waals surface area contributed by atoms with Gasteiger partial charge in [-0.15, -0.1) is 0 Å². The van der Waals surface area contributed by atoms with Crippen LogP contribution < -0.4 is 20.9 Å². The molecule has 1 aromatic rings. The predicted octanol–water partition coefficient (Wildman–Crippen LogP) is 2.79. The fourth-order valence-electron chi connectivity index (χ4n) is 2.78. The van der Waals surface area contributed by atoms with Gasteiger partial charge < -0.3 is 19.5 Å². The van der Waals surface area contributed by atoms with Crippen LogP contribution in [0.3, 0.4) is 0 Å². The molecule has 0 bridgehead atoms. The molecule has 0 aromatic heterocycles. The van der Waals surface area contributed by atoms with Crippen LogP contribution in [0.2, 0.25) is 0 Å². The van der Waals surface area contributed by atoms with Crippen LogP contribution in [-0.4, -0.2) is 29.4 Å². The van der Waals surface area contributed by atoms with E-state index in [1.807, 2.05) is 0 Å². The third-order valence-electron chi connectivity index (χ3n) is 3.90. The Morgan fingerprint density at radius 3 is 1.69 bits per heavy atom. The van der Waals surface area contributed by atoms with Crippen LogP contribution in [-0.2, 0) is 19.8 Å². The topological polar surface area (TPSA) is 108 Å². The molecule has 1 aromatic carbocycles. The second-order valence-electron chi connectivity index (χ2n) is 9.62. The molecular formula is C21H33NO7. The Balaban J connectivity index is 3.66. The molecule has 29 heavy (non-hydrogen) atoms. The zero-order chi connectivity index (χ0) is 22.9. The Morgan fingerprint density at radius 1 is 0.828 bits per heavy atom. The van der Waals surface area contributed by atoms with Crippen molar-refractivity contribution in [1.29, 1.82) is 0 Å². The zero-order valence-corrected chi connectivity index (χ0v) is 19.0. The van der Waals surface area contributed by atoms with Crippen LogP contribution in [0.15, 0.2) is 9.59 Å². The molecule has 1 rings (SSSR count). The summed E-state index contributed by atoms with van der Waals surface area (Å²) in [4.78, 5) is 50.6. The summed E-state index contributed by atoms with van der Waals surface area (Å²) in [5.74, 6) is -1.75. The summed E-state index contributed by atoms with van der Waals surface area (Å²) in [6.45, 7) is 16.6. The van der Waals surface area contributed by atoms with Gasteiger partial charge in [-0.2, -0.15) is 0 Å². The molecule has 1 unspecified atom stereocenters. The van der Waals surface area contributed by atoms with Crippen molar-refractivity contribution >= 4 is 12.1 Å². The first-order valence-corrected chi connectivity index (χ1v) is 9.67. The van der Waals surface area contributed by atoms with Crippen molar-refractivity contribution in [2.75, 3.05) is 0 Å². The van der Waals surface area contributed by atoms with E-state index in [1.165, 1.54) is 0 Å². The molecule has 0 spiro atoms. The molecule has 0 radical (unpaired) electrons. The van der Waals surface area contributed by atoms with E-state index in [9.17, 15) is 19.2 Å². The van der Waals surface area contributed by atoms with Crippen LogP contribution in [0, 0.1) is 5.92 Å². The third-order valence-corrected chi connectivity index (χ3v) is 3.90. The SMILES string of the molecule is CC(C)Oc1c(C(NC(=O)OC(C)(C)C)(C(=O)OC(C)(C)C)C(C)C)c(=O)c1=O. The van der Waals surface area contributed by atoms with Gasteiger partial charge in [0.1, 0.15) is 11.2 Å². The highest BCUT2D eigenvalue weighted by molar-refractivity contribution is 5.89. The summed E-state index contributed by atoms with van der Waals surface area (Å²) in [6, 6.07) is 0. The summed E-state index contributed by atoms with van der Waals surface area (Å²) < 4.78 is 16.3. The largest absolute Gasteiger partial charge is 0.486 e. The predicted molar refractivity (Wildman–Crippen MR) is 109 cm³/mol. The molecule has 0 heterocycles. The lowest BCUT2D eigenvalue weighted by atomic mass is 9.77. The number of carbonyl (C=O) groups is 2. The molecular weight excluding hydrogens is 378 g/mol. The number of esters is 1. The number of rotatable bonds is 6. The van der Waals surface area contributed by atoms with E-state index in [2.05, 4.69) is 5.32 Å². The van der Waals surface area contributed by atoms with Gasteiger partial charge >= 0.3 is 12.1 Å². The van der Waals surface area contributed by atoms with Crippen LogP contribution >= 0.6 is 0 Å². The Hall–Kier alpha value is -2.38. The van der Waals surface area contributed by atoms with E-state index in [1.54, 1.807) is 69.2 Å². The highest BCUT2D eigenvalue weighted by atomic mass is 16.6. The highest BCUT2D eigenvalue weighted by Gasteiger charge is 2.54. The molecule has 0 saturated carbocycles. The first kappa shape index (κ1) is 24.7. The number of hydrogen-bond acceptors (Lipinski definition) is 7. The van der Waals surface area contributed by atoms with Crippen molar-refractivity contribution in [2.45, 2.75) is 92.1 Å². The minimum absolute atomic E-state index is 0.216. The summed E-state index contributed by atoms with van der Waals surface area (Å²) >= 11 is 0. The molecule has 164 valence electrons. The quantitative estimate of drug-likeness (QED) is 0.566. The van der Waals surface area contributed by atoms with Gasteiger partial charge in [0, 0.05) is 0 Å². The van der Waals surface area contributed by atoms with Gasteiger partial charge in [-0.25, -0.2) is 9.59 Å². The maximum atomic E-state index is 13.3. The lowest BCUT2D eigenvalue weighted by molar-refractivity contribution is -0.166. The smallest absolute Gasteiger partial charge is 0.408 e. The van der Waals surface area contributed by atoms with Crippen LogP contribution in [0.25, 0.3) is 0 Å². The van der Waals surface area contributed by atoms with Crippen molar-refractivity contribution in [1.82, 2.24) is 5.32 Å². The fourth-order valence-corrected chi connectivity index (χ4v) is 2.78. The lowest BCUT2D eigenvalue weighted by Gasteiger charge is -2.39. The van der Waals surface area contributed by atoms with Crippen molar-refractivity contribution < 1.29 is 23.8 Å². The van der Waals surface area contributed by atoms with Crippen LogP contribution in [0.5, 0.6) is 5.75 Å². The first-order valence-electron chi connectivity index (χ1n) is 9.67. The number of carbonyl (C=O) groups excluding carboxylic acids is 2. The van der Waals surface area contributed by atoms with Gasteiger partial charge in [0.25, 0.3) is 5.43 Å². The van der Waals surface area contributed by atoms with Crippen molar-refractivity contribution in [3.05, 3.63) is 26.0 Å². The normalized spacial score (nSPS) is 14.6. The molecule has 8 heteroatoms. The number of nitrogens with one attached hydrogen (secondary N) is 1. The van der Waals surface area contributed by atoms with Crippen molar-refractivity contribution in [2.24, 2.45) is 5.92 Å². The fraction of sp³-hybridized carbons (Fsp3) is 0.714. The highest BCUT2D eigenvalue weighted by Crippen LogP contribution is 2.36. The third kappa shape index (κ3) is 5.58. The summed E-state index contributed by atoms with van der Waals surface area (Å²) in [7, 11) is 0. The second-order valence-corrected chi connectivity index (χ2v) is 9.62. The first-order chi connectivity index (χ1) is 12.9. The molecule has 1 atom stereocenters. The molecule has 1 N–H and O–H groups in total. The van der Waals surface area contributed by atoms with Gasteiger partial charge in [0.15, 0.2) is 11.3 Å². The molecule has 0 aliphatic heterocycles. The molecule has 0 fully saturated rings. The monoisotopic (exact) mass is 411 g/mol. The van der Waals surface area contributed by atoms with Crippen molar-refractivity contribution in [3.8, 4) is 5.75 Å². The average molecular weight is 411 g/mol. The molecule has 0 aliphatic rings. The minimum atomic E-state index is -1.94. The summed E-state index contributed by atoms with van der Waals surface area (Å²) in [6.07, 6.45) is -1.33. The maximum Gasteiger partial charge on any atom is 0.408 e. The standard InChI is InChI=1S/C21H33NO7/c1-11(2)21(17(25)28-19(5,6)7,22-18(26)29-20(8,9)10)13-14(23)15(24)16(13)27-12(3)4/h11-12H,1-10H3,(H,22,26). The molecule has 0 saturated heterocycles. The second kappa shape index (κ2) is 8.16. The number of amides is 1. The van der Waals surface area contributed by atoms with Gasteiger partial charge in [0.2, 0.25) is 5.43 Å². The van der Waals surface area contributed by atoms with E-state index in [4.69, 9.17) is 14.2 Å².